The lowest BCUT2D eigenvalue weighted by molar-refractivity contribution is 0.630. The van der Waals surface area contributed by atoms with Gasteiger partial charge in [0.2, 0.25) is 0 Å². The van der Waals surface area contributed by atoms with E-state index in [4.69, 9.17) is 0 Å². The van der Waals surface area contributed by atoms with Gasteiger partial charge in [0, 0.05) is 29.3 Å². The average molecular weight is 296 g/mol. The molecule has 0 saturated carbocycles. The summed E-state index contributed by atoms with van der Waals surface area (Å²) in [6.45, 7) is 4.47. The van der Waals surface area contributed by atoms with Crippen molar-refractivity contribution in [2.75, 3.05) is 23.3 Å². The fourth-order valence-corrected chi connectivity index (χ4v) is 4.65. The van der Waals surface area contributed by atoms with Gasteiger partial charge in [-0.05, 0) is 37.1 Å². The van der Waals surface area contributed by atoms with Crippen LogP contribution in [0, 0.1) is 0 Å². The van der Waals surface area contributed by atoms with Crippen molar-refractivity contribution in [2.45, 2.75) is 29.5 Å². The molecule has 0 spiro atoms. The summed E-state index contributed by atoms with van der Waals surface area (Å²) in [4.78, 5) is 4.05. The van der Waals surface area contributed by atoms with E-state index in [1.807, 2.05) is 11.8 Å². The summed E-state index contributed by atoms with van der Waals surface area (Å²) in [6.07, 6.45) is 1.19. The highest BCUT2D eigenvalue weighted by atomic mass is 32.2. The summed E-state index contributed by atoms with van der Waals surface area (Å²) in [5, 5.41) is 4.20. The molecule has 2 aliphatic heterocycles. The number of nitrogens with zero attached hydrogens (tertiary/aromatic N) is 1. The number of rotatable bonds is 2. The van der Waals surface area contributed by atoms with Crippen LogP contribution in [0.5, 0.6) is 0 Å². The Morgan fingerprint density at radius 2 is 1.95 bits per heavy atom. The first kappa shape index (κ1) is 13.1. The van der Waals surface area contributed by atoms with Crippen molar-refractivity contribution in [1.29, 1.82) is 0 Å². The zero-order valence-electron chi connectivity index (χ0n) is 12.3. The normalized spacial score (nSPS) is 23.4. The van der Waals surface area contributed by atoms with Crippen LogP contribution in [-0.4, -0.2) is 24.4 Å². The Hall–Kier alpha value is -1.61. The maximum atomic E-state index is 3.54. The summed E-state index contributed by atoms with van der Waals surface area (Å²) in [5.74, 6) is 0. The second kappa shape index (κ2) is 5.30. The van der Waals surface area contributed by atoms with E-state index < -0.39 is 0 Å². The van der Waals surface area contributed by atoms with Gasteiger partial charge in [0.05, 0.1) is 11.4 Å². The molecular weight excluding hydrogens is 276 g/mol. The van der Waals surface area contributed by atoms with Gasteiger partial charge < -0.3 is 10.2 Å². The molecule has 0 radical (unpaired) electrons. The van der Waals surface area contributed by atoms with Crippen LogP contribution in [-0.2, 0) is 6.42 Å². The number of benzene rings is 2. The van der Waals surface area contributed by atoms with E-state index in [0.717, 1.165) is 13.1 Å². The Labute approximate surface area is 130 Å². The van der Waals surface area contributed by atoms with Crippen LogP contribution in [0.3, 0.4) is 0 Å². The van der Waals surface area contributed by atoms with Crippen LogP contribution in [0.25, 0.3) is 0 Å². The Bertz CT molecular complexity index is 630. The highest BCUT2D eigenvalue weighted by Gasteiger charge is 2.28. The van der Waals surface area contributed by atoms with Gasteiger partial charge in [-0.15, -0.1) is 11.8 Å². The number of hydrogen-bond acceptors (Lipinski definition) is 3. The molecule has 0 bridgehead atoms. The fraction of sp³-hybridized carbons (Fsp3) is 0.333. The van der Waals surface area contributed by atoms with Crippen LogP contribution in [0.1, 0.15) is 12.5 Å². The molecular formula is C18H20N2S. The fourth-order valence-electron chi connectivity index (χ4n) is 3.33. The Kier molecular flexibility index (Phi) is 3.30. The van der Waals surface area contributed by atoms with Gasteiger partial charge in [0.15, 0.2) is 0 Å². The van der Waals surface area contributed by atoms with Crippen molar-refractivity contribution < 1.29 is 0 Å². The van der Waals surface area contributed by atoms with Crippen LogP contribution in [0.15, 0.2) is 53.4 Å². The Balaban J connectivity index is 1.56. The Morgan fingerprint density at radius 1 is 1.14 bits per heavy atom. The molecule has 2 unspecified atom stereocenters. The number of para-hydroxylation sites is 2. The van der Waals surface area contributed by atoms with Gasteiger partial charge in [-0.1, -0.05) is 30.3 Å². The first-order valence-electron chi connectivity index (χ1n) is 7.65. The molecule has 2 nitrogen and oxygen atoms in total. The van der Waals surface area contributed by atoms with Crippen molar-refractivity contribution in [1.82, 2.24) is 0 Å². The first-order valence-corrected chi connectivity index (χ1v) is 8.53. The summed E-state index contributed by atoms with van der Waals surface area (Å²) in [5.41, 5.74) is 4.15. The third-order valence-electron chi connectivity index (χ3n) is 4.45. The summed E-state index contributed by atoms with van der Waals surface area (Å²) >= 11 is 2.04. The molecule has 2 heterocycles. The number of thioether (sulfide) groups is 1. The minimum absolute atomic E-state index is 0.546. The standard InChI is InChI=1S/C18H20N2S/c1-13-11-19-16-7-3-4-8-17(16)20(13)12-15-10-14-6-2-5-9-18(14)21-15/h2-9,13,15,19H,10-12H2,1H3. The molecule has 0 aliphatic carbocycles. The molecule has 21 heavy (non-hydrogen) atoms. The van der Waals surface area contributed by atoms with Gasteiger partial charge in [0.25, 0.3) is 0 Å². The number of anilines is 2. The summed E-state index contributed by atoms with van der Waals surface area (Å²) in [6, 6.07) is 18.1. The third kappa shape index (κ3) is 2.40. The maximum absolute atomic E-state index is 3.54. The molecule has 0 amide bonds. The lowest BCUT2D eigenvalue weighted by Gasteiger charge is -2.39. The lowest BCUT2D eigenvalue weighted by atomic mass is 10.1. The van der Waals surface area contributed by atoms with E-state index in [-0.39, 0.29) is 0 Å². The van der Waals surface area contributed by atoms with Gasteiger partial charge >= 0.3 is 0 Å². The van der Waals surface area contributed by atoms with E-state index in [1.165, 1.54) is 28.3 Å². The largest absolute Gasteiger partial charge is 0.381 e. The molecule has 0 fully saturated rings. The number of fused-ring (bicyclic) bond motifs is 2. The molecule has 0 saturated heterocycles. The van der Waals surface area contributed by atoms with Crippen molar-refractivity contribution >= 4 is 23.1 Å². The van der Waals surface area contributed by atoms with Crippen molar-refractivity contribution in [3.8, 4) is 0 Å². The van der Waals surface area contributed by atoms with Crippen molar-refractivity contribution in [2.24, 2.45) is 0 Å². The molecule has 0 aromatic heterocycles. The lowest BCUT2D eigenvalue weighted by Crippen LogP contribution is -2.45. The Morgan fingerprint density at radius 3 is 2.86 bits per heavy atom. The molecule has 3 heteroatoms. The minimum atomic E-state index is 0.546. The van der Waals surface area contributed by atoms with Gasteiger partial charge in [-0.2, -0.15) is 0 Å². The number of hydrogen-bond donors (Lipinski definition) is 1. The monoisotopic (exact) mass is 296 g/mol. The van der Waals surface area contributed by atoms with Crippen molar-refractivity contribution in [3.63, 3.8) is 0 Å². The van der Waals surface area contributed by atoms with E-state index in [9.17, 15) is 0 Å². The van der Waals surface area contributed by atoms with E-state index in [0.29, 0.717) is 11.3 Å². The van der Waals surface area contributed by atoms with Gasteiger partial charge in [-0.3, -0.25) is 0 Å². The smallest absolute Gasteiger partial charge is 0.0605 e. The molecule has 108 valence electrons. The quantitative estimate of drug-likeness (QED) is 0.901. The molecule has 2 aromatic carbocycles. The van der Waals surface area contributed by atoms with Crippen LogP contribution in [0.4, 0.5) is 11.4 Å². The van der Waals surface area contributed by atoms with Crippen molar-refractivity contribution in [3.05, 3.63) is 54.1 Å². The highest BCUT2D eigenvalue weighted by molar-refractivity contribution is 8.00. The topological polar surface area (TPSA) is 15.3 Å². The molecule has 2 atom stereocenters. The molecule has 2 aliphatic rings. The molecule has 2 aromatic rings. The average Bonchev–Trinajstić information content (AvgIpc) is 2.92. The first-order chi connectivity index (χ1) is 10.3. The van der Waals surface area contributed by atoms with E-state index in [2.05, 4.69) is 65.7 Å². The van der Waals surface area contributed by atoms with E-state index in [1.54, 1.807) is 0 Å². The van der Waals surface area contributed by atoms with Gasteiger partial charge in [0.1, 0.15) is 0 Å². The SMILES string of the molecule is CC1CNc2ccccc2N1CC1Cc2ccccc2S1. The predicted octanol–water partition coefficient (Wildman–Crippen LogP) is 4.02. The number of nitrogens with one attached hydrogen (secondary N) is 1. The van der Waals surface area contributed by atoms with E-state index >= 15 is 0 Å². The second-order valence-corrected chi connectivity index (χ2v) is 7.29. The van der Waals surface area contributed by atoms with Gasteiger partial charge in [-0.25, -0.2) is 0 Å². The summed E-state index contributed by atoms with van der Waals surface area (Å²) in [7, 11) is 0. The zero-order valence-corrected chi connectivity index (χ0v) is 13.1. The molecule has 1 N–H and O–H groups in total. The van der Waals surface area contributed by atoms with Crippen LogP contribution in [0.2, 0.25) is 0 Å². The maximum Gasteiger partial charge on any atom is 0.0605 e. The highest BCUT2D eigenvalue weighted by Crippen LogP contribution is 2.39. The second-order valence-electron chi connectivity index (χ2n) is 5.95. The minimum Gasteiger partial charge on any atom is -0.381 e. The predicted molar refractivity (Wildman–Crippen MR) is 91.5 cm³/mol. The zero-order chi connectivity index (χ0) is 14.2. The van der Waals surface area contributed by atoms with Crippen LogP contribution >= 0.6 is 11.8 Å². The molecule has 4 rings (SSSR count). The third-order valence-corrected chi connectivity index (χ3v) is 5.75. The summed E-state index contributed by atoms with van der Waals surface area (Å²) < 4.78 is 0. The van der Waals surface area contributed by atoms with Crippen LogP contribution < -0.4 is 10.2 Å².